The first-order valence-electron chi connectivity index (χ1n) is 8.64. The van der Waals surface area contributed by atoms with Crippen molar-refractivity contribution >= 4 is 0 Å². The van der Waals surface area contributed by atoms with Gasteiger partial charge in [0, 0.05) is 31.7 Å². The van der Waals surface area contributed by atoms with Crippen LogP contribution in [0.4, 0.5) is 0 Å². The summed E-state index contributed by atoms with van der Waals surface area (Å²) in [6.45, 7) is 12.8. The molecule has 0 aliphatic carbocycles. The summed E-state index contributed by atoms with van der Waals surface area (Å²) in [6, 6.07) is 12.1. The second kappa shape index (κ2) is 7.95. The molecule has 1 aliphatic rings. The second-order valence-corrected chi connectivity index (χ2v) is 7.03. The summed E-state index contributed by atoms with van der Waals surface area (Å²) in [5.74, 6) is 1.48. The summed E-state index contributed by atoms with van der Waals surface area (Å²) in [7, 11) is 0. The highest BCUT2D eigenvalue weighted by Gasteiger charge is 2.30. The van der Waals surface area contributed by atoms with Gasteiger partial charge in [0.15, 0.2) is 0 Å². The summed E-state index contributed by atoms with van der Waals surface area (Å²) in [5.41, 5.74) is 1.45. The van der Waals surface area contributed by atoms with Gasteiger partial charge in [-0.15, -0.1) is 0 Å². The molecule has 0 bridgehead atoms. The van der Waals surface area contributed by atoms with E-state index in [0.29, 0.717) is 18.0 Å². The number of benzene rings is 1. The molecule has 21 heavy (non-hydrogen) atoms. The summed E-state index contributed by atoms with van der Waals surface area (Å²) < 4.78 is 0. The summed E-state index contributed by atoms with van der Waals surface area (Å²) in [5, 5.41) is 3.76. The molecule has 0 saturated carbocycles. The van der Waals surface area contributed by atoms with Crippen LogP contribution in [0, 0.1) is 11.8 Å². The topological polar surface area (TPSA) is 15.3 Å². The Morgan fingerprint density at radius 2 is 1.90 bits per heavy atom. The number of rotatable bonds is 6. The van der Waals surface area contributed by atoms with Crippen LogP contribution in [0.25, 0.3) is 0 Å². The Labute approximate surface area is 130 Å². The van der Waals surface area contributed by atoms with Gasteiger partial charge in [0.1, 0.15) is 0 Å². The van der Waals surface area contributed by atoms with E-state index < -0.39 is 0 Å². The summed E-state index contributed by atoms with van der Waals surface area (Å²) >= 11 is 0. The fourth-order valence-electron chi connectivity index (χ4n) is 3.47. The first kappa shape index (κ1) is 16.5. The third-order valence-corrected chi connectivity index (χ3v) is 4.76. The summed E-state index contributed by atoms with van der Waals surface area (Å²) in [6.07, 6.45) is 2.62. The molecular formula is C19H32N2. The number of piperazine rings is 1. The van der Waals surface area contributed by atoms with E-state index in [2.05, 4.69) is 68.2 Å². The molecule has 1 aliphatic heterocycles. The van der Waals surface area contributed by atoms with Crippen molar-refractivity contribution in [1.29, 1.82) is 0 Å². The Bertz CT molecular complexity index is 401. The highest BCUT2D eigenvalue weighted by atomic mass is 15.2. The van der Waals surface area contributed by atoms with Gasteiger partial charge in [-0.2, -0.15) is 0 Å². The molecule has 1 heterocycles. The van der Waals surface area contributed by atoms with Gasteiger partial charge in [0.05, 0.1) is 0 Å². The van der Waals surface area contributed by atoms with E-state index >= 15 is 0 Å². The molecule has 0 spiro atoms. The molecule has 1 aromatic rings. The van der Waals surface area contributed by atoms with Gasteiger partial charge in [-0.3, -0.25) is 4.90 Å². The predicted molar refractivity (Wildman–Crippen MR) is 91.5 cm³/mol. The molecule has 118 valence electrons. The van der Waals surface area contributed by atoms with E-state index in [0.717, 1.165) is 12.5 Å². The van der Waals surface area contributed by atoms with E-state index in [9.17, 15) is 0 Å². The molecule has 1 fully saturated rings. The Morgan fingerprint density at radius 1 is 1.19 bits per heavy atom. The molecular weight excluding hydrogens is 256 g/mol. The van der Waals surface area contributed by atoms with E-state index in [1.165, 1.54) is 31.5 Å². The monoisotopic (exact) mass is 288 g/mol. The van der Waals surface area contributed by atoms with Gasteiger partial charge < -0.3 is 5.32 Å². The predicted octanol–water partition coefficient (Wildman–Crippen LogP) is 4.09. The van der Waals surface area contributed by atoms with Gasteiger partial charge in [0.25, 0.3) is 0 Å². The van der Waals surface area contributed by atoms with Crippen LogP contribution in [0.15, 0.2) is 30.3 Å². The van der Waals surface area contributed by atoms with Crippen LogP contribution < -0.4 is 5.32 Å². The van der Waals surface area contributed by atoms with Crippen molar-refractivity contribution in [3.63, 3.8) is 0 Å². The molecule has 0 radical (unpaired) electrons. The Morgan fingerprint density at radius 3 is 2.52 bits per heavy atom. The zero-order chi connectivity index (χ0) is 15.2. The molecule has 1 N–H and O–H groups in total. The second-order valence-electron chi connectivity index (χ2n) is 7.03. The fraction of sp³-hybridized carbons (Fsp3) is 0.684. The van der Waals surface area contributed by atoms with Crippen molar-refractivity contribution in [2.75, 3.05) is 19.6 Å². The first-order chi connectivity index (χ1) is 10.1. The molecule has 3 atom stereocenters. The molecule has 1 aromatic carbocycles. The minimum atomic E-state index is 0.528. The van der Waals surface area contributed by atoms with Crippen LogP contribution in [0.3, 0.4) is 0 Å². The third-order valence-electron chi connectivity index (χ3n) is 4.76. The van der Waals surface area contributed by atoms with Gasteiger partial charge in [-0.25, -0.2) is 0 Å². The van der Waals surface area contributed by atoms with Crippen LogP contribution in [-0.2, 0) is 0 Å². The van der Waals surface area contributed by atoms with Gasteiger partial charge in [0.2, 0.25) is 0 Å². The molecule has 2 nitrogen and oxygen atoms in total. The lowest BCUT2D eigenvalue weighted by Gasteiger charge is -2.43. The first-order valence-corrected chi connectivity index (χ1v) is 8.64. The summed E-state index contributed by atoms with van der Waals surface area (Å²) in [4.78, 5) is 2.72. The lowest BCUT2D eigenvalue weighted by Crippen LogP contribution is -2.55. The van der Waals surface area contributed by atoms with Crippen molar-refractivity contribution in [2.24, 2.45) is 11.8 Å². The quantitative estimate of drug-likeness (QED) is 0.848. The van der Waals surface area contributed by atoms with Crippen LogP contribution in [0.2, 0.25) is 0 Å². The maximum atomic E-state index is 3.76. The van der Waals surface area contributed by atoms with Crippen molar-refractivity contribution in [2.45, 2.75) is 52.6 Å². The normalized spacial score (nSPS) is 25.2. The molecule has 2 heteroatoms. The van der Waals surface area contributed by atoms with E-state index in [1.807, 2.05) is 0 Å². The third kappa shape index (κ3) is 4.55. The van der Waals surface area contributed by atoms with Crippen LogP contribution in [-0.4, -0.2) is 30.6 Å². The van der Waals surface area contributed by atoms with Crippen LogP contribution >= 0.6 is 0 Å². The van der Waals surface area contributed by atoms with Crippen molar-refractivity contribution in [3.8, 4) is 0 Å². The van der Waals surface area contributed by atoms with Crippen molar-refractivity contribution < 1.29 is 0 Å². The fourth-order valence-corrected chi connectivity index (χ4v) is 3.47. The molecule has 3 unspecified atom stereocenters. The van der Waals surface area contributed by atoms with E-state index in [4.69, 9.17) is 0 Å². The zero-order valence-electron chi connectivity index (χ0n) is 14.2. The zero-order valence-corrected chi connectivity index (χ0v) is 14.2. The Hall–Kier alpha value is -0.860. The largest absolute Gasteiger partial charge is 0.311 e. The number of hydrogen-bond donors (Lipinski definition) is 1. The number of hydrogen-bond acceptors (Lipinski definition) is 2. The van der Waals surface area contributed by atoms with Gasteiger partial charge >= 0.3 is 0 Å². The van der Waals surface area contributed by atoms with E-state index in [-0.39, 0.29) is 0 Å². The highest BCUT2D eigenvalue weighted by Crippen LogP contribution is 2.26. The molecule has 0 amide bonds. The van der Waals surface area contributed by atoms with Gasteiger partial charge in [-0.1, -0.05) is 64.4 Å². The highest BCUT2D eigenvalue weighted by molar-refractivity contribution is 5.20. The molecule has 2 rings (SSSR count). The minimum absolute atomic E-state index is 0.528. The van der Waals surface area contributed by atoms with Crippen molar-refractivity contribution in [1.82, 2.24) is 10.2 Å². The van der Waals surface area contributed by atoms with E-state index in [1.54, 1.807) is 0 Å². The van der Waals surface area contributed by atoms with Crippen molar-refractivity contribution in [3.05, 3.63) is 35.9 Å². The van der Waals surface area contributed by atoms with Crippen LogP contribution in [0.1, 0.15) is 52.1 Å². The molecule has 1 saturated heterocycles. The lowest BCUT2D eigenvalue weighted by atomic mass is 9.94. The minimum Gasteiger partial charge on any atom is -0.311 e. The lowest BCUT2D eigenvalue weighted by molar-refractivity contribution is 0.0961. The molecule has 0 aromatic heterocycles. The standard InChI is InChI=1S/C19H32N2/c1-5-9-16(4)13-21-14-18(15(2)3)20-12-19(21)17-10-7-6-8-11-17/h6-8,10-11,15-16,18-20H,5,9,12-14H2,1-4H3. The van der Waals surface area contributed by atoms with Gasteiger partial charge in [-0.05, 0) is 23.8 Å². The number of nitrogens with one attached hydrogen (secondary N) is 1. The van der Waals surface area contributed by atoms with Crippen LogP contribution in [0.5, 0.6) is 0 Å². The average Bonchev–Trinajstić information content (AvgIpc) is 2.48. The Balaban J connectivity index is 2.10. The maximum Gasteiger partial charge on any atom is 0.0473 e. The SMILES string of the molecule is CCCC(C)CN1CC(C(C)C)NCC1c1ccccc1. The maximum absolute atomic E-state index is 3.76. The average molecular weight is 288 g/mol. The smallest absolute Gasteiger partial charge is 0.0473 e. The Kier molecular flexibility index (Phi) is 6.25. The number of nitrogens with zero attached hydrogens (tertiary/aromatic N) is 1.